The lowest BCUT2D eigenvalue weighted by Crippen LogP contribution is -2.32. The van der Waals surface area contributed by atoms with Gasteiger partial charge < -0.3 is 10.0 Å². The molecule has 0 atom stereocenters. The van der Waals surface area contributed by atoms with Crippen LogP contribution in [0, 0.1) is 0 Å². The van der Waals surface area contributed by atoms with E-state index in [2.05, 4.69) is 4.90 Å². The van der Waals surface area contributed by atoms with E-state index >= 15 is 0 Å². The first kappa shape index (κ1) is 14.2. The third-order valence-electron chi connectivity index (χ3n) is 3.96. The maximum absolute atomic E-state index is 11.4. The molecule has 0 unspecified atom stereocenters. The van der Waals surface area contributed by atoms with E-state index in [1.54, 1.807) is 6.07 Å². The molecule has 1 aromatic carbocycles. The van der Waals surface area contributed by atoms with Crippen LogP contribution in [0.25, 0.3) is 0 Å². The fraction of sp³-hybridized carbons (Fsp3) is 0.533. The number of carboxylic acids is 1. The molecule has 0 saturated heterocycles. The van der Waals surface area contributed by atoms with E-state index in [9.17, 15) is 9.90 Å². The Morgan fingerprint density at radius 2 is 1.89 bits per heavy atom. The highest BCUT2D eigenvalue weighted by Crippen LogP contribution is 2.31. The molecule has 1 saturated carbocycles. The van der Waals surface area contributed by atoms with Crippen LogP contribution in [0.1, 0.15) is 48.9 Å². The van der Waals surface area contributed by atoms with Crippen molar-refractivity contribution >= 4 is 23.3 Å². The summed E-state index contributed by atoms with van der Waals surface area (Å²) < 4.78 is 0. The van der Waals surface area contributed by atoms with Gasteiger partial charge in [-0.25, -0.2) is 4.79 Å². The van der Waals surface area contributed by atoms with Crippen molar-refractivity contribution in [3.63, 3.8) is 0 Å². The summed E-state index contributed by atoms with van der Waals surface area (Å²) in [5.74, 6) is -0.957. The summed E-state index contributed by atoms with van der Waals surface area (Å²) in [6.07, 6.45) is 7.26. The largest absolute Gasteiger partial charge is 0.478 e. The predicted octanol–water partition coefficient (Wildman–Crippen LogP) is 4.20. The van der Waals surface area contributed by atoms with E-state index in [0.29, 0.717) is 11.1 Å². The molecule has 1 aliphatic rings. The van der Waals surface area contributed by atoms with Crippen molar-refractivity contribution in [3.8, 4) is 0 Å². The molecule has 1 N–H and O–H groups in total. The second kappa shape index (κ2) is 6.29. The zero-order valence-corrected chi connectivity index (χ0v) is 12.0. The Morgan fingerprint density at radius 1 is 1.26 bits per heavy atom. The fourth-order valence-electron chi connectivity index (χ4n) is 2.86. The smallest absolute Gasteiger partial charge is 0.339 e. The minimum Gasteiger partial charge on any atom is -0.478 e. The van der Waals surface area contributed by atoms with Gasteiger partial charge in [-0.2, -0.15) is 0 Å². The number of nitrogens with zero attached hydrogens (tertiary/aromatic N) is 1. The molecule has 104 valence electrons. The molecule has 0 aliphatic heterocycles. The highest BCUT2D eigenvalue weighted by Gasteiger charge is 2.23. The van der Waals surface area contributed by atoms with Crippen LogP contribution in [-0.4, -0.2) is 24.2 Å². The van der Waals surface area contributed by atoms with Crippen molar-refractivity contribution < 1.29 is 9.90 Å². The fourth-order valence-corrected chi connectivity index (χ4v) is 3.11. The van der Waals surface area contributed by atoms with Crippen molar-refractivity contribution in [1.29, 1.82) is 0 Å². The highest BCUT2D eigenvalue weighted by atomic mass is 35.5. The maximum Gasteiger partial charge on any atom is 0.339 e. The Bertz CT molecular complexity index is 453. The number of halogens is 1. The van der Waals surface area contributed by atoms with Crippen LogP contribution in [0.15, 0.2) is 18.2 Å². The summed E-state index contributed by atoms with van der Waals surface area (Å²) in [6.45, 7) is 0. The number of hydrogen-bond donors (Lipinski definition) is 1. The zero-order valence-electron chi connectivity index (χ0n) is 11.2. The van der Waals surface area contributed by atoms with E-state index in [0.717, 1.165) is 18.5 Å². The topological polar surface area (TPSA) is 40.5 Å². The van der Waals surface area contributed by atoms with Gasteiger partial charge in [-0.05, 0) is 25.0 Å². The average molecular weight is 282 g/mol. The van der Waals surface area contributed by atoms with Gasteiger partial charge in [-0.1, -0.05) is 43.4 Å². The normalized spacial score (nSPS) is 16.9. The third-order valence-corrected chi connectivity index (χ3v) is 4.27. The average Bonchev–Trinajstić information content (AvgIpc) is 2.66. The molecule has 0 radical (unpaired) electrons. The Balaban J connectivity index is 2.29. The molecule has 19 heavy (non-hydrogen) atoms. The minimum atomic E-state index is -0.957. The molecule has 1 fully saturated rings. The first-order chi connectivity index (χ1) is 9.11. The lowest BCUT2D eigenvalue weighted by molar-refractivity contribution is 0.0697. The summed E-state index contributed by atoms with van der Waals surface area (Å²) in [4.78, 5) is 13.5. The van der Waals surface area contributed by atoms with Gasteiger partial charge in [0.15, 0.2) is 0 Å². The second-order valence-electron chi connectivity index (χ2n) is 5.20. The molecule has 0 amide bonds. The Labute approximate surface area is 119 Å². The molecule has 4 heteroatoms. The van der Waals surface area contributed by atoms with Crippen LogP contribution in [0.3, 0.4) is 0 Å². The maximum atomic E-state index is 11.4. The van der Waals surface area contributed by atoms with Crippen LogP contribution < -0.4 is 4.90 Å². The number of carbonyl (C=O) groups is 1. The van der Waals surface area contributed by atoms with Gasteiger partial charge in [0.25, 0.3) is 0 Å². The number of rotatable bonds is 3. The van der Waals surface area contributed by atoms with Crippen LogP contribution >= 0.6 is 11.6 Å². The van der Waals surface area contributed by atoms with Crippen LogP contribution in [0.4, 0.5) is 5.69 Å². The zero-order chi connectivity index (χ0) is 13.8. The van der Waals surface area contributed by atoms with E-state index < -0.39 is 5.97 Å². The molecule has 3 nitrogen and oxygen atoms in total. The summed E-state index contributed by atoms with van der Waals surface area (Å²) >= 11 is 6.03. The molecule has 1 aliphatic carbocycles. The van der Waals surface area contributed by atoms with Gasteiger partial charge in [0.05, 0.1) is 10.7 Å². The van der Waals surface area contributed by atoms with Gasteiger partial charge >= 0.3 is 5.97 Å². The number of benzene rings is 1. The van der Waals surface area contributed by atoms with Crippen molar-refractivity contribution in [2.45, 2.75) is 44.6 Å². The second-order valence-corrected chi connectivity index (χ2v) is 5.60. The van der Waals surface area contributed by atoms with E-state index in [-0.39, 0.29) is 5.56 Å². The van der Waals surface area contributed by atoms with Gasteiger partial charge in [0.1, 0.15) is 5.56 Å². The summed E-state index contributed by atoms with van der Waals surface area (Å²) in [7, 11) is 1.98. The summed E-state index contributed by atoms with van der Waals surface area (Å²) in [5.41, 5.74) is 0.947. The summed E-state index contributed by atoms with van der Waals surface area (Å²) in [6, 6.07) is 5.71. The minimum absolute atomic E-state index is 0.218. The first-order valence-corrected chi connectivity index (χ1v) is 7.23. The van der Waals surface area contributed by atoms with E-state index in [1.165, 1.54) is 25.7 Å². The Hall–Kier alpha value is -1.22. The quantitative estimate of drug-likeness (QED) is 0.844. The van der Waals surface area contributed by atoms with Crippen molar-refractivity contribution in [2.75, 3.05) is 11.9 Å². The lowest BCUT2D eigenvalue weighted by Gasteiger charge is -2.30. The molecule has 0 heterocycles. The van der Waals surface area contributed by atoms with Crippen molar-refractivity contribution in [2.24, 2.45) is 0 Å². The molecular formula is C15H20ClNO2. The van der Waals surface area contributed by atoms with Gasteiger partial charge in [0, 0.05) is 13.1 Å². The Morgan fingerprint density at radius 3 is 2.47 bits per heavy atom. The SMILES string of the molecule is CN(c1cccc(Cl)c1C(=O)O)C1CCCCCC1. The highest BCUT2D eigenvalue weighted by molar-refractivity contribution is 6.34. The Kier molecular flexibility index (Phi) is 4.70. The van der Waals surface area contributed by atoms with Crippen LogP contribution in [-0.2, 0) is 0 Å². The monoisotopic (exact) mass is 281 g/mol. The molecule has 1 aromatic rings. The van der Waals surface area contributed by atoms with Gasteiger partial charge in [-0.15, -0.1) is 0 Å². The number of anilines is 1. The molecule has 0 aromatic heterocycles. The van der Waals surface area contributed by atoms with E-state index in [1.807, 2.05) is 19.2 Å². The number of aromatic carboxylic acids is 1. The van der Waals surface area contributed by atoms with Crippen molar-refractivity contribution in [1.82, 2.24) is 0 Å². The van der Waals surface area contributed by atoms with Crippen LogP contribution in [0.2, 0.25) is 5.02 Å². The molecule has 0 spiro atoms. The van der Waals surface area contributed by atoms with Gasteiger partial charge in [0.2, 0.25) is 0 Å². The van der Waals surface area contributed by atoms with Gasteiger partial charge in [-0.3, -0.25) is 0 Å². The standard InChI is InChI=1S/C15H20ClNO2/c1-17(11-7-4-2-3-5-8-11)13-10-6-9-12(16)14(13)15(18)19/h6,9-11H,2-5,7-8H2,1H3,(H,18,19). The first-order valence-electron chi connectivity index (χ1n) is 6.86. The lowest BCUT2D eigenvalue weighted by atomic mass is 10.0. The predicted molar refractivity (Wildman–Crippen MR) is 78.3 cm³/mol. The number of hydrogen-bond acceptors (Lipinski definition) is 2. The van der Waals surface area contributed by atoms with E-state index in [4.69, 9.17) is 11.6 Å². The molecular weight excluding hydrogens is 262 g/mol. The van der Waals surface area contributed by atoms with Crippen molar-refractivity contribution in [3.05, 3.63) is 28.8 Å². The van der Waals surface area contributed by atoms with Crippen LogP contribution in [0.5, 0.6) is 0 Å². The third kappa shape index (κ3) is 3.21. The number of carboxylic acid groups (broad SMARTS) is 1. The molecule has 2 rings (SSSR count). The molecule has 0 bridgehead atoms. The summed E-state index contributed by atoms with van der Waals surface area (Å²) in [5, 5.41) is 9.65.